The van der Waals surface area contributed by atoms with Gasteiger partial charge in [0.25, 0.3) is 0 Å². The third kappa shape index (κ3) is 4.07. The monoisotopic (exact) mass is 219 g/mol. The average Bonchev–Trinajstić information content (AvgIpc) is 2.15. The Morgan fingerprint density at radius 1 is 1.50 bits per heavy atom. The fourth-order valence-electron chi connectivity index (χ4n) is 1.56. The molecule has 0 radical (unpaired) electrons. The van der Waals surface area contributed by atoms with Crippen LogP contribution in [0.4, 0.5) is 0 Å². The second kappa shape index (κ2) is 5.71. The van der Waals surface area contributed by atoms with Crippen LogP contribution < -0.4 is 10.5 Å². The molecule has 0 aliphatic rings. The minimum Gasteiger partial charge on any atom is -0.489 e. The van der Waals surface area contributed by atoms with E-state index in [2.05, 4.69) is 25.6 Å². The van der Waals surface area contributed by atoms with E-state index in [-0.39, 0.29) is 6.04 Å². The smallest absolute Gasteiger partial charge is 0.123 e. The molecule has 0 aliphatic carbocycles. The van der Waals surface area contributed by atoms with Gasteiger partial charge >= 0.3 is 0 Å². The van der Waals surface area contributed by atoms with Crippen LogP contribution in [-0.4, -0.2) is 12.6 Å². The summed E-state index contributed by atoms with van der Waals surface area (Å²) in [6.07, 6.45) is 0.840. The largest absolute Gasteiger partial charge is 0.489 e. The Balaban J connectivity index is 2.84. The maximum atomic E-state index is 5.83. The van der Waals surface area contributed by atoms with E-state index in [9.17, 15) is 0 Å². The molecule has 1 aromatic carbocycles. The summed E-state index contributed by atoms with van der Waals surface area (Å²) in [5.41, 5.74) is 9.26. The molecular formula is C14H21NO. The lowest BCUT2D eigenvalue weighted by atomic mass is 10.0. The molecule has 2 heteroatoms. The zero-order valence-corrected chi connectivity index (χ0v) is 10.4. The first-order chi connectivity index (χ1) is 7.49. The quantitative estimate of drug-likeness (QED) is 0.773. The number of hydrogen-bond donors (Lipinski definition) is 1. The van der Waals surface area contributed by atoms with Crippen LogP contribution in [-0.2, 0) is 6.42 Å². The number of benzene rings is 1. The van der Waals surface area contributed by atoms with Gasteiger partial charge in [0.1, 0.15) is 12.4 Å². The Hall–Kier alpha value is -1.28. The van der Waals surface area contributed by atoms with Gasteiger partial charge in [-0.1, -0.05) is 24.3 Å². The lowest BCUT2D eigenvalue weighted by Gasteiger charge is -2.13. The SMILES string of the molecule is C=C(C)COc1ccc(C)cc1CC(C)N. The predicted octanol–water partition coefficient (Wildman–Crippen LogP) is 2.84. The molecule has 1 unspecified atom stereocenters. The molecule has 0 fully saturated rings. The maximum Gasteiger partial charge on any atom is 0.123 e. The Morgan fingerprint density at radius 3 is 2.75 bits per heavy atom. The van der Waals surface area contributed by atoms with Crippen LogP contribution in [0.2, 0.25) is 0 Å². The van der Waals surface area contributed by atoms with Crippen molar-refractivity contribution in [1.29, 1.82) is 0 Å². The zero-order valence-electron chi connectivity index (χ0n) is 10.4. The Labute approximate surface area is 98.1 Å². The molecule has 1 rings (SSSR count). The summed E-state index contributed by atoms with van der Waals surface area (Å²) in [6.45, 7) is 10.4. The van der Waals surface area contributed by atoms with Gasteiger partial charge in [0.05, 0.1) is 0 Å². The summed E-state index contributed by atoms with van der Waals surface area (Å²) < 4.78 is 5.70. The second-order valence-electron chi connectivity index (χ2n) is 4.54. The molecule has 0 heterocycles. The van der Waals surface area contributed by atoms with Gasteiger partial charge in [-0.05, 0) is 44.4 Å². The summed E-state index contributed by atoms with van der Waals surface area (Å²) >= 11 is 0. The Bertz CT molecular complexity index is 369. The number of nitrogens with two attached hydrogens (primary N) is 1. The van der Waals surface area contributed by atoms with Crippen LogP contribution in [0, 0.1) is 6.92 Å². The van der Waals surface area contributed by atoms with E-state index in [4.69, 9.17) is 10.5 Å². The molecule has 16 heavy (non-hydrogen) atoms. The topological polar surface area (TPSA) is 35.2 Å². The third-order valence-electron chi connectivity index (χ3n) is 2.23. The van der Waals surface area contributed by atoms with Crippen molar-refractivity contribution in [2.75, 3.05) is 6.61 Å². The molecule has 0 amide bonds. The summed E-state index contributed by atoms with van der Waals surface area (Å²) in [6, 6.07) is 6.35. The van der Waals surface area contributed by atoms with Crippen molar-refractivity contribution in [3.63, 3.8) is 0 Å². The van der Waals surface area contributed by atoms with Gasteiger partial charge in [-0.2, -0.15) is 0 Å². The van der Waals surface area contributed by atoms with Crippen LogP contribution in [0.1, 0.15) is 25.0 Å². The van der Waals surface area contributed by atoms with Crippen molar-refractivity contribution in [2.24, 2.45) is 5.73 Å². The van der Waals surface area contributed by atoms with Gasteiger partial charge < -0.3 is 10.5 Å². The minimum atomic E-state index is 0.147. The van der Waals surface area contributed by atoms with E-state index < -0.39 is 0 Å². The minimum absolute atomic E-state index is 0.147. The van der Waals surface area contributed by atoms with E-state index in [1.165, 1.54) is 11.1 Å². The van der Waals surface area contributed by atoms with E-state index in [0.717, 1.165) is 17.7 Å². The molecule has 0 aromatic heterocycles. The third-order valence-corrected chi connectivity index (χ3v) is 2.23. The fourth-order valence-corrected chi connectivity index (χ4v) is 1.56. The lowest BCUT2D eigenvalue weighted by molar-refractivity contribution is 0.348. The molecular weight excluding hydrogens is 198 g/mol. The number of rotatable bonds is 5. The molecule has 1 aromatic rings. The van der Waals surface area contributed by atoms with Crippen LogP contribution in [0.3, 0.4) is 0 Å². The van der Waals surface area contributed by atoms with Crippen molar-refractivity contribution in [1.82, 2.24) is 0 Å². The van der Waals surface area contributed by atoms with Crippen molar-refractivity contribution in [3.05, 3.63) is 41.5 Å². The summed E-state index contributed by atoms with van der Waals surface area (Å²) in [7, 11) is 0. The molecule has 0 saturated carbocycles. The molecule has 0 aliphatic heterocycles. The molecule has 88 valence electrons. The highest BCUT2D eigenvalue weighted by atomic mass is 16.5. The van der Waals surface area contributed by atoms with Gasteiger partial charge in [-0.15, -0.1) is 0 Å². The van der Waals surface area contributed by atoms with Gasteiger partial charge in [0, 0.05) is 6.04 Å². The molecule has 2 nitrogen and oxygen atoms in total. The van der Waals surface area contributed by atoms with Crippen molar-refractivity contribution < 1.29 is 4.74 Å². The van der Waals surface area contributed by atoms with Crippen molar-refractivity contribution in [2.45, 2.75) is 33.2 Å². The Morgan fingerprint density at radius 2 is 2.19 bits per heavy atom. The normalized spacial score (nSPS) is 12.2. The van der Waals surface area contributed by atoms with Gasteiger partial charge in [0.2, 0.25) is 0 Å². The van der Waals surface area contributed by atoms with Gasteiger partial charge in [-0.25, -0.2) is 0 Å². The molecule has 2 N–H and O–H groups in total. The summed E-state index contributed by atoms with van der Waals surface area (Å²) in [5.74, 6) is 0.922. The van der Waals surface area contributed by atoms with Crippen molar-refractivity contribution in [3.8, 4) is 5.75 Å². The fraction of sp³-hybridized carbons (Fsp3) is 0.429. The number of aryl methyl sites for hydroxylation is 1. The molecule has 1 atom stereocenters. The van der Waals surface area contributed by atoms with Gasteiger partial charge in [0.15, 0.2) is 0 Å². The highest BCUT2D eigenvalue weighted by Crippen LogP contribution is 2.21. The van der Waals surface area contributed by atoms with E-state index in [0.29, 0.717) is 6.61 Å². The average molecular weight is 219 g/mol. The zero-order chi connectivity index (χ0) is 12.1. The lowest BCUT2D eigenvalue weighted by Crippen LogP contribution is -2.18. The summed E-state index contributed by atoms with van der Waals surface area (Å²) in [5, 5.41) is 0. The van der Waals surface area contributed by atoms with Gasteiger partial charge in [-0.3, -0.25) is 0 Å². The Kier molecular flexibility index (Phi) is 4.56. The van der Waals surface area contributed by atoms with Crippen molar-refractivity contribution >= 4 is 0 Å². The van der Waals surface area contributed by atoms with E-state index in [1.807, 2.05) is 19.9 Å². The molecule has 0 saturated heterocycles. The molecule has 0 spiro atoms. The second-order valence-corrected chi connectivity index (χ2v) is 4.54. The maximum absolute atomic E-state index is 5.83. The number of ether oxygens (including phenoxy) is 1. The standard InChI is InChI=1S/C14H21NO/c1-10(2)9-16-14-6-5-11(3)7-13(14)8-12(4)15/h5-7,12H,1,8-9,15H2,2-4H3. The first-order valence-electron chi connectivity index (χ1n) is 5.61. The highest BCUT2D eigenvalue weighted by Gasteiger charge is 2.06. The number of hydrogen-bond acceptors (Lipinski definition) is 2. The van der Waals surface area contributed by atoms with Crippen LogP contribution >= 0.6 is 0 Å². The molecule has 0 bridgehead atoms. The predicted molar refractivity (Wildman–Crippen MR) is 68.8 cm³/mol. The summed E-state index contributed by atoms with van der Waals surface area (Å²) in [4.78, 5) is 0. The van der Waals surface area contributed by atoms with Crippen LogP contribution in [0.25, 0.3) is 0 Å². The highest BCUT2D eigenvalue weighted by molar-refractivity contribution is 5.37. The van der Waals surface area contributed by atoms with E-state index in [1.54, 1.807) is 0 Å². The van der Waals surface area contributed by atoms with E-state index >= 15 is 0 Å². The first-order valence-corrected chi connectivity index (χ1v) is 5.61. The van der Waals surface area contributed by atoms with Crippen LogP contribution in [0.15, 0.2) is 30.4 Å². The van der Waals surface area contributed by atoms with Crippen LogP contribution in [0.5, 0.6) is 5.75 Å². The first kappa shape index (κ1) is 12.8.